The third-order valence-electron chi connectivity index (χ3n) is 4.25. The molecule has 0 spiro atoms. The summed E-state index contributed by atoms with van der Waals surface area (Å²) in [5, 5.41) is 12.1. The molecule has 0 aromatic heterocycles. The summed E-state index contributed by atoms with van der Waals surface area (Å²) < 4.78 is 14.1. The fourth-order valence-electron chi connectivity index (χ4n) is 2.87. The highest BCUT2D eigenvalue weighted by Gasteiger charge is 2.21. The van der Waals surface area contributed by atoms with Gasteiger partial charge in [0.25, 0.3) is 0 Å². The maximum Gasteiger partial charge on any atom is 0.169 e. The first-order valence-corrected chi connectivity index (χ1v) is 8.47. The van der Waals surface area contributed by atoms with Gasteiger partial charge < -0.3 is 5.32 Å². The summed E-state index contributed by atoms with van der Waals surface area (Å²) in [6, 6.07) is 25.7. The van der Waals surface area contributed by atoms with Gasteiger partial charge in [0.15, 0.2) is 6.17 Å². The molecule has 1 aliphatic rings. The second-order valence-electron chi connectivity index (χ2n) is 6.04. The van der Waals surface area contributed by atoms with Gasteiger partial charge in [-0.3, -0.25) is 0 Å². The van der Waals surface area contributed by atoms with Gasteiger partial charge in [0.05, 0.1) is 5.56 Å². The molecule has 4 nitrogen and oxygen atoms in total. The van der Waals surface area contributed by atoms with Crippen LogP contribution in [0.15, 0.2) is 88.8 Å². The minimum absolute atomic E-state index is 0.00622. The van der Waals surface area contributed by atoms with Crippen molar-refractivity contribution in [2.24, 2.45) is 9.98 Å². The lowest BCUT2D eigenvalue weighted by Gasteiger charge is -2.22. The van der Waals surface area contributed by atoms with Crippen LogP contribution in [-0.2, 0) is 0 Å². The SMILES string of the molecule is N#Cc1ccc(C2=NC(c3ccccc3)N=C(c3ccccc3)N2)cc1F. The summed E-state index contributed by atoms with van der Waals surface area (Å²) in [5.41, 5.74) is 2.43. The first kappa shape index (κ1) is 16.7. The monoisotopic (exact) mass is 354 g/mol. The molecule has 0 amide bonds. The topological polar surface area (TPSA) is 60.5 Å². The van der Waals surface area contributed by atoms with E-state index >= 15 is 0 Å². The zero-order chi connectivity index (χ0) is 18.6. The first-order valence-electron chi connectivity index (χ1n) is 8.47. The van der Waals surface area contributed by atoms with Crippen molar-refractivity contribution >= 4 is 11.7 Å². The van der Waals surface area contributed by atoms with Gasteiger partial charge in [0, 0.05) is 11.1 Å². The van der Waals surface area contributed by atoms with Crippen LogP contribution in [0, 0.1) is 17.1 Å². The molecular weight excluding hydrogens is 339 g/mol. The Labute approximate surface area is 156 Å². The molecule has 0 fully saturated rings. The Morgan fingerprint density at radius 1 is 0.815 bits per heavy atom. The molecule has 0 saturated heterocycles. The van der Waals surface area contributed by atoms with E-state index in [2.05, 4.69) is 10.3 Å². The molecule has 27 heavy (non-hydrogen) atoms. The van der Waals surface area contributed by atoms with E-state index in [0.29, 0.717) is 17.2 Å². The lowest BCUT2D eigenvalue weighted by molar-refractivity contribution is 0.623. The molecule has 0 bridgehead atoms. The average molecular weight is 354 g/mol. The van der Waals surface area contributed by atoms with E-state index in [1.54, 1.807) is 6.07 Å². The van der Waals surface area contributed by atoms with Crippen LogP contribution in [0.3, 0.4) is 0 Å². The van der Waals surface area contributed by atoms with E-state index in [1.807, 2.05) is 66.7 Å². The molecule has 1 aliphatic heterocycles. The molecule has 1 heterocycles. The largest absolute Gasteiger partial charge is 0.324 e. The Morgan fingerprint density at radius 3 is 2.07 bits per heavy atom. The highest BCUT2D eigenvalue weighted by molar-refractivity contribution is 6.15. The van der Waals surface area contributed by atoms with Crippen LogP contribution in [0.4, 0.5) is 4.39 Å². The number of aliphatic imine (C=N–C) groups is 2. The zero-order valence-corrected chi connectivity index (χ0v) is 14.3. The minimum atomic E-state index is -0.570. The Bertz CT molecular complexity index is 1070. The third-order valence-corrected chi connectivity index (χ3v) is 4.25. The van der Waals surface area contributed by atoms with Gasteiger partial charge in [-0.25, -0.2) is 14.4 Å². The first-order chi connectivity index (χ1) is 13.2. The number of halogens is 1. The van der Waals surface area contributed by atoms with Crippen molar-refractivity contribution in [2.75, 3.05) is 0 Å². The number of benzene rings is 3. The van der Waals surface area contributed by atoms with Crippen LogP contribution in [-0.4, -0.2) is 11.7 Å². The predicted octanol–water partition coefficient (Wildman–Crippen LogP) is 4.19. The molecule has 1 atom stereocenters. The molecule has 1 unspecified atom stereocenters. The Hall–Kier alpha value is -3.78. The summed E-state index contributed by atoms with van der Waals surface area (Å²) >= 11 is 0. The average Bonchev–Trinajstić information content (AvgIpc) is 2.74. The second-order valence-corrected chi connectivity index (χ2v) is 6.04. The van der Waals surface area contributed by atoms with Gasteiger partial charge in [0.2, 0.25) is 0 Å². The van der Waals surface area contributed by atoms with Gasteiger partial charge in [-0.05, 0) is 23.8 Å². The second kappa shape index (κ2) is 7.22. The van der Waals surface area contributed by atoms with Crippen molar-refractivity contribution in [1.82, 2.24) is 5.32 Å². The fourth-order valence-corrected chi connectivity index (χ4v) is 2.87. The number of nitriles is 1. The minimum Gasteiger partial charge on any atom is -0.324 e. The van der Waals surface area contributed by atoms with Gasteiger partial charge in [-0.15, -0.1) is 0 Å². The molecule has 5 heteroatoms. The van der Waals surface area contributed by atoms with Crippen LogP contribution in [0.25, 0.3) is 0 Å². The van der Waals surface area contributed by atoms with Crippen LogP contribution in [0.1, 0.15) is 28.4 Å². The summed E-state index contributed by atoms with van der Waals surface area (Å²) in [4.78, 5) is 9.39. The van der Waals surface area contributed by atoms with Gasteiger partial charge >= 0.3 is 0 Å². The van der Waals surface area contributed by atoms with Crippen molar-refractivity contribution in [1.29, 1.82) is 5.26 Å². The maximum absolute atomic E-state index is 14.1. The van der Waals surface area contributed by atoms with E-state index < -0.39 is 12.0 Å². The number of amidine groups is 2. The molecule has 0 aliphatic carbocycles. The van der Waals surface area contributed by atoms with E-state index in [9.17, 15) is 4.39 Å². The van der Waals surface area contributed by atoms with Crippen LogP contribution >= 0.6 is 0 Å². The highest BCUT2D eigenvalue weighted by Crippen LogP contribution is 2.24. The predicted molar refractivity (Wildman–Crippen MR) is 103 cm³/mol. The summed E-state index contributed by atoms with van der Waals surface area (Å²) in [7, 11) is 0. The molecule has 4 rings (SSSR count). The zero-order valence-electron chi connectivity index (χ0n) is 14.3. The van der Waals surface area contributed by atoms with Crippen LogP contribution in [0.5, 0.6) is 0 Å². The van der Waals surface area contributed by atoms with Crippen LogP contribution in [0.2, 0.25) is 0 Å². The summed E-state index contributed by atoms with van der Waals surface area (Å²) in [6.07, 6.45) is -0.434. The third kappa shape index (κ3) is 3.46. The maximum atomic E-state index is 14.1. The van der Waals surface area contributed by atoms with Crippen molar-refractivity contribution < 1.29 is 4.39 Å². The number of nitrogens with one attached hydrogen (secondary N) is 1. The van der Waals surface area contributed by atoms with Crippen molar-refractivity contribution in [3.05, 3.63) is 107 Å². The standard InChI is InChI=1S/C22H15FN4/c23-19-13-17(11-12-18(19)14-24)22-26-20(15-7-3-1-4-8-15)25-21(27-22)16-9-5-2-6-10-16/h1-13,20H,(H,25,26,27). The molecule has 1 N–H and O–H groups in total. The Balaban J connectivity index is 1.78. The van der Waals surface area contributed by atoms with E-state index in [4.69, 9.17) is 10.3 Å². The number of hydrogen-bond acceptors (Lipinski definition) is 4. The van der Waals surface area contributed by atoms with Gasteiger partial charge in [-0.1, -0.05) is 60.7 Å². The quantitative estimate of drug-likeness (QED) is 0.766. The molecule has 130 valence electrons. The van der Waals surface area contributed by atoms with E-state index in [0.717, 1.165) is 11.1 Å². The normalized spacial score (nSPS) is 15.9. The molecular formula is C22H15FN4. The van der Waals surface area contributed by atoms with Crippen molar-refractivity contribution in [3.63, 3.8) is 0 Å². The highest BCUT2D eigenvalue weighted by atomic mass is 19.1. The Kier molecular flexibility index (Phi) is 4.46. The van der Waals surface area contributed by atoms with E-state index in [1.165, 1.54) is 12.1 Å². The molecule has 0 saturated carbocycles. The van der Waals surface area contributed by atoms with Crippen LogP contribution < -0.4 is 5.32 Å². The smallest absolute Gasteiger partial charge is 0.169 e. The number of hydrogen-bond donors (Lipinski definition) is 1. The summed E-state index contributed by atoms with van der Waals surface area (Å²) in [6.45, 7) is 0. The van der Waals surface area contributed by atoms with Gasteiger partial charge in [-0.2, -0.15) is 5.26 Å². The number of rotatable bonds is 3. The van der Waals surface area contributed by atoms with Gasteiger partial charge in [0.1, 0.15) is 23.6 Å². The fraction of sp³-hybridized carbons (Fsp3) is 0.0455. The number of nitrogens with zero attached hydrogens (tertiary/aromatic N) is 3. The summed E-state index contributed by atoms with van der Waals surface area (Å²) in [5.74, 6) is 0.611. The molecule has 3 aromatic rings. The Morgan fingerprint density at radius 2 is 1.44 bits per heavy atom. The molecule has 3 aromatic carbocycles. The van der Waals surface area contributed by atoms with Crippen molar-refractivity contribution in [3.8, 4) is 6.07 Å². The van der Waals surface area contributed by atoms with E-state index in [-0.39, 0.29) is 5.56 Å². The lowest BCUT2D eigenvalue weighted by Crippen LogP contribution is -2.36. The van der Waals surface area contributed by atoms with Crippen molar-refractivity contribution in [2.45, 2.75) is 6.17 Å². The lowest BCUT2D eigenvalue weighted by atomic mass is 10.1. The molecule has 0 radical (unpaired) electrons.